The number of unbranched alkanes of at least 4 members (excludes halogenated alkanes) is 1. The number of benzene rings is 1. The minimum absolute atomic E-state index is 0.137. The Bertz CT molecular complexity index is 586. The zero-order valence-electron chi connectivity index (χ0n) is 11.6. The van der Waals surface area contributed by atoms with Crippen molar-refractivity contribution >= 4 is 34.1 Å². The van der Waals surface area contributed by atoms with Gasteiger partial charge in [-0.05, 0) is 30.7 Å². The Hall–Kier alpha value is -1.47. The van der Waals surface area contributed by atoms with E-state index in [1.54, 1.807) is 12.1 Å². The molecule has 0 bridgehead atoms. The average molecular weight is 325 g/mol. The Kier molecular flexibility index (Phi) is 6.13. The summed E-state index contributed by atoms with van der Waals surface area (Å²) in [6, 6.07) is 6.07. The van der Waals surface area contributed by atoms with Crippen LogP contribution in [0.3, 0.4) is 0 Å². The van der Waals surface area contributed by atoms with E-state index < -0.39 is 0 Å². The minimum atomic E-state index is -0.280. The highest BCUT2D eigenvalue weighted by atomic mass is 32.2. The summed E-state index contributed by atoms with van der Waals surface area (Å²) in [5.41, 5.74) is 0. The van der Waals surface area contributed by atoms with Crippen molar-refractivity contribution in [1.82, 2.24) is 10.2 Å². The maximum Gasteiger partial charge on any atom is 0.236 e. The van der Waals surface area contributed by atoms with Crippen molar-refractivity contribution in [1.29, 1.82) is 0 Å². The second-order valence-corrected chi connectivity index (χ2v) is 6.51. The first-order chi connectivity index (χ1) is 10.2. The van der Waals surface area contributed by atoms with Gasteiger partial charge in [-0.3, -0.25) is 10.1 Å². The van der Waals surface area contributed by atoms with E-state index in [2.05, 4.69) is 22.4 Å². The van der Waals surface area contributed by atoms with Crippen LogP contribution in [0.1, 0.15) is 24.8 Å². The zero-order valence-corrected chi connectivity index (χ0v) is 13.3. The van der Waals surface area contributed by atoms with E-state index in [0.717, 1.165) is 29.2 Å². The predicted octanol–water partition coefficient (Wildman–Crippen LogP) is 3.75. The molecule has 1 aromatic carbocycles. The van der Waals surface area contributed by atoms with Crippen molar-refractivity contribution in [2.45, 2.75) is 31.1 Å². The molecule has 0 saturated heterocycles. The Balaban J connectivity index is 1.78. The molecule has 0 spiro atoms. The van der Waals surface area contributed by atoms with E-state index in [9.17, 15) is 9.18 Å². The monoisotopic (exact) mass is 325 g/mol. The second-order valence-electron chi connectivity index (χ2n) is 4.40. The molecule has 1 amide bonds. The number of rotatable bonds is 7. The maximum atomic E-state index is 12.8. The maximum absolute atomic E-state index is 12.8. The SMILES string of the molecule is CCCCc1nnc(NC(=O)CSc2ccc(F)cc2)s1. The smallest absolute Gasteiger partial charge is 0.236 e. The highest BCUT2D eigenvalue weighted by Gasteiger charge is 2.08. The van der Waals surface area contributed by atoms with Crippen LogP contribution < -0.4 is 5.32 Å². The van der Waals surface area contributed by atoms with E-state index in [1.165, 1.54) is 35.2 Å². The highest BCUT2D eigenvalue weighted by Crippen LogP contribution is 2.20. The van der Waals surface area contributed by atoms with Crippen LogP contribution in [0.4, 0.5) is 9.52 Å². The van der Waals surface area contributed by atoms with Gasteiger partial charge in [-0.25, -0.2) is 4.39 Å². The predicted molar refractivity (Wildman–Crippen MR) is 84.3 cm³/mol. The first kappa shape index (κ1) is 15.9. The lowest BCUT2D eigenvalue weighted by Crippen LogP contribution is -2.13. The van der Waals surface area contributed by atoms with Gasteiger partial charge in [0.05, 0.1) is 5.75 Å². The zero-order chi connectivity index (χ0) is 15.1. The number of nitrogens with zero attached hydrogens (tertiary/aromatic N) is 2. The van der Waals surface area contributed by atoms with Gasteiger partial charge in [-0.2, -0.15) is 0 Å². The number of amides is 1. The quantitative estimate of drug-likeness (QED) is 0.788. The van der Waals surface area contributed by atoms with Crippen LogP contribution in [-0.2, 0) is 11.2 Å². The standard InChI is InChI=1S/C14H16FN3OS2/c1-2-3-4-13-17-18-14(21-13)16-12(19)9-20-11-7-5-10(15)6-8-11/h5-8H,2-4,9H2,1H3,(H,16,18,19). The Morgan fingerprint density at radius 1 is 1.33 bits per heavy atom. The average Bonchev–Trinajstić information content (AvgIpc) is 2.92. The molecule has 0 aliphatic carbocycles. The summed E-state index contributed by atoms with van der Waals surface area (Å²) in [6.45, 7) is 2.12. The molecule has 1 aromatic heterocycles. The molecule has 112 valence electrons. The summed E-state index contributed by atoms with van der Waals surface area (Å²) in [5.74, 6) is -0.157. The van der Waals surface area contributed by atoms with E-state index in [1.807, 2.05) is 0 Å². The van der Waals surface area contributed by atoms with Gasteiger partial charge in [0.15, 0.2) is 0 Å². The summed E-state index contributed by atoms with van der Waals surface area (Å²) in [5, 5.41) is 12.2. The molecule has 0 unspecified atom stereocenters. The largest absolute Gasteiger partial charge is 0.300 e. The topological polar surface area (TPSA) is 54.9 Å². The van der Waals surface area contributed by atoms with Crippen LogP contribution in [0.25, 0.3) is 0 Å². The lowest BCUT2D eigenvalue weighted by molar-refractivity contribution is -0.113. The number of aromatic nitrogens is 2. The number of aryl methyl sites for hydroxylation is 1. The first-order valence-electron chi connectivity index (χ1n) is 6.68. The van der Waals surface area contributed by atoms with E-state index in [0.29, 0.717) is 5.13 Å². The molecule has 21 heavy (non-hydrogen) atoms. The summed E-state index contributed by atoms with van der Waals surface area (Å²) in [7, 11) is 0. The number of carbonyl (C=O) groups is 1. The number of anilines is 1. The lowest BCUT2D eigenvalue weighted by atomic mass is 10.3. The van der Waals surface area contributed by atoms with Crippen LogP contribution in [-0.4, -0.2) is 21.9 Å². The number of nitrogens with one attached hydrogen (secondary N) is 1. The number of carbonyl (C=O) groups excluding carboxylic acids is 1. The van der Waals surface area contributed by atoms with Gasteiger partial charge in [0.2, 0.25) is 11.0 Å². The van der Waals surface area contributed by atoms with Crippen LogP contribution in [0.5, 0.6) is 0 Å². The van der Waals surface area contributed by atoms with Gasteiger partial charge in [0.25, 0.3) is 0 Å². The molecule has 4 nitrogen and oxygen atoms in total. The molecule has 7 heteroatoms. The van der Waals surface area contributed by atoms with Crippen molar-refractivity contribution in [2.75, 3.05) is 11.1 Å². The van der Waals surface area contributed by atoms with Gasteiger partial charge in [0.1, 0.15) is 10.8 Å². The lowest BCUT2D eigenvalue weighted by Gasteiger charge is -2.01. The molecule has 0 radical (unpaired) electrons. The minimum Gasteiger partial charge on any atom is -0.300 e. The van der Waals surface area contributed by atoms with Crippen molar-refractivity contribution < 1.29 is 9.18 Å². The first-order valence-corrected chi connectivity index (χ1v) is 8.48. The van der Waals surface area contributed by atoms with Gasteiger partial charge >= 0.3 is 0 Å². The second kappa shape index (κ2) is 8.09. The third-order valence-electron chi connectivity index (χ3n) is 2.64. The number of halogens is 1. The Morgan fingerprint density at radius 2 is 2.10 bits per heavy atom. The Morgan fingerprint density at radius 3 is 2.81 bits per heavy atom. The summed E-state index contributed by atoms with van der Waals surface area (Å²) in [6.07, 6.45) is 3.08. The van der Waals surface area contributed by atoms with E-state index in [-0.39, 0.29) is 17.5 Å². The third-order valence-corrected chi connectivity index (χ3v) is 4.55. The molecule has 0 saturated carbocycles. The molecular weight excluding hydrogens is 309 g/mol. The molecule has 1 N–H and O–H groups in total. The van der Waals surface area contributed by atoms with Crippen molar-refractivity contribution in [2.24, 2.45) is 0 Å². The van der Waals surface area contributed by atoms with Gasteiger partial charge < -0.3 is 0 Å². The van der Waals surface area contributed by atoms with E-state index in [4.69, 9.17) is 0 Å². The Labute approximate surface area is 131 Å². The number of hydrogen-bond acceptors (Lipinski definition) is 5. The molecular formula is C14H16FN3OS2. The van der Waals surface area contributed by atoms with Gasteiger partial charge in [-0.1, -0.05) is 24.7 Å². The van der Waals surface area contributed by atoms with Crippen LogP contribution in [0, 0.1) is 5.82 Å². The normalized spacial score (nSPS) is 10.6. The summed E-state index contributed by atoms with van der Waals surface area (Å²) in [4.78, 5) is 12.7. The summed E-state index contributed by atoms with van der Waals surface area (Å²) < 4.78 is 12.8. The van der Waals surface area contributed by atoms with Gasteiger partial charge in [0, 0.05) is 11.3 Å². The fourth-order valence-electron chi connectivity index (χ4n) is 1.57. The fraction of sp³-hybridized carbons (Fsp3) is 0.357. The molecule has 0 aliphatic rings. The molecule has 1 heterocycles. The van der Waals surface area contributed by atoms with Crippen LogP contribution in [0.2, 0.25) is 0 Å². The highest BCUT2D eigenvalue weighted by molar-refractivity contribution is 8.00. The van der Waals surface area contributed by atoms with Crippen molar-refractivity contribution in [3.63, 3.8) is 0 Å². The molecule has 0 aliphatic heterocycles. The third kappa shape index (κ3) is 5.43. The molecule has 2 aromatic rings. The van der Waals surface area contributed by atoms with Crippen LogP contribution >= 0.6 is 23.1 Å². The summed E-state index contributed by atoms with van der Waals surface area (Å²) >= 11 is 2.77. The van der Waals surface area contributed by atoms with Crippen molar-refractivity contribution in [3.05, 3.63) is 35.1 Å². The molecule has 0 atom stereocenters. The molecule has 2 rings (SSSR count). The number of hydrogen-bond donors (Lipinski definition) is 1. The van der Waals surface area contributed by atoms with E-state index >= 15 is 0 Å². The number of thioether (sulfide) groups is 1. The van der Waals surface area contributed by atoms with Crippen molar-refractivity contribution in [3.8, 4) is 0 Å². The fourth-order valence-corrected chi connectivity index (χ4v) is 3.06. The van der Waals surface area contributed by atoms with Crippen LogP contribution in [0.15, 0.2) is 29.2 Å². The van der Waals surface area contributed by atoms with Gasteiger partial charge in [-0.15, -0.1) is 22.0 Å². The molecule has 0 fully saturated rings.